The largest absolute Gasteiger partial charge is 0.405 e. The summed E-state index contributed by atoms with van der Waals surface area (Å²) in [6.45, 7) is 14.2. The quantitative estimate of drug-likeness (QED) is 0.466. The molecule has 0 heterocycles. The number of nitrogens with zero attached hydrogens (tertiary/aromatic N) is 1. The zero-order valence-corrected chi connectivity index (χ0v) is 10.9. The minimum atomic E-state index is -1.34. The van der Waals surface area contributed by atoms with Crippen molar-refractivity contribution in [3.05, 3.63) is 0 Å². The van der Waals surface area contributed by atoms with Gasteiger partial charge in [0.25, 0.3) is 0 Å². The summed E-state index contributed by atoms with van der Waals surface area (Å²) in [5.41, 5.74) is 0. The first kappa shape index (κ1) is 13.1. The monoisotopic (exact) mass is 203 g/mol. The van der Waals surface area contributed by atoms with Crippen LogP contribution in [-0.2, 0) is 4.43 Å². The molecule has 0 aromatic rings. The molecule has 0 radical (unpaired) electrons. The zero-order valence-electron chi connectivity index (χ0n) is 9.89. The minimum absolute atomic E-state index is 0.826. The van der Waals surface area contributed by atoms with E-state index >= 15 is 0 Å². The fourth-order valence-corrected chi connectivity index (χ4v) is 3.23. The summed E-state index contributed by atoms with van der Waals surface area (Å²) in [5, 5.41) is 0. The third-order valence-corrected chi connectivity index (χ3v) is 5.00. The third-order valence-electron chi connectivity index (χ3n) is 2.38. The van der Waals surface area contributed by atoms with E-state index in [4.69, 9.17) is 4.43 Å². The molecule has 0 aromatic heterocycles. The molecule has 0 bridgehead atoms. The molecule has 0 aliphatic carbocycles. The molecular weight excluding hydrogens is 178 g/mol. The molecular formula is C10H25NOSi. The van der Waals surface area contributed by atoms with Gasteiger partial charge in [-0.1, -0.05) is 27.2 Å². The van der Waals surface area contributed by atoms with Crippen LogP contribution in [0.15, 0.2) is 0 Å². The maximum atomic E-state index is 5.98. The van der Waals surface area contributed by atoms with E-state index in [1.54, 1.807) is 0 Å². The van der Waals surface area contributed by atoms with Crippen molar-refractivity contribution in [2.45, 2.75) is 46.3 Å². The van der Waals surface area contributed by atoms with E-state index in [1.165, 1.54) is 12.5 Å². The predicted octanol–water partition coefficient (Wildman–Crippen LogP) is 2.92. The average molecular weight is 203 g/mol. The van der Waals surface area contributed by atoms with Crippen LogP contribution in [0.4, 0.5) is 0 Å². The summed E-state index contributed by atoms with van der Waals surface area (Å²) < 4.78 is 5.98. The highest BCUT2D eigenvalue weighted by Gasteiger charge is 2.21. The number of hydrogen-bond acceptors (Lipinski definition) is 2. The van der Waals surface area contributed by atoms with Crippen LogP contribution in [-0.4, -0.2) is 33.0 Å². The number of hydrogen-bond donors (Lipinski definition) is 0. The lowest BCUT2D eigenvalue weighted by molar-refractivity contribution is 0.130. The molecule has 0 saturated heterocycles. The van der Waals surface area contributed by atoms with Crippen molar-refractivity contribution < 1.29 is 4.43 Å². The van der Waals surface area contributed by atoms with Gasteiger partial charge < -0.3 is 4.43 Å². The standard InChI is InChI=1S/C10H25NOSi/c1-6-9-13(4,5)12-10-11(7-2)8-3/h6-10H2,1-5H3. The van der Waals surface area contributed by atoms with Crippen LogP contribution in [0.2, 0.25) is 19.1 Å². The molecule has 13 heavy (non-hydrogen) atoms. The fourth-order valence-electron chi connectivity index (χ4n) is 1.35. The Labute approximate surface area is 84.4 Å². The molecule has 0 amide bonds. The van der Waals surface area contributed by atoms with E-state index in [2.05, 4.69) is 38.8 Å². The molecule has 0 N–H and O–H groups in total. The van der Waals surface area contributed by atoms with Gasteiger partial charge in [0.1, 0.15) is 0 Å². The lowest BCUT2D eigenvalue weighted by Crippen LogP contribution is -2.36. The maximum absolute atomic E-state index is 5.98. The van der Waals surface area contributed by atoms with Crippen LogP contribution < -0.4 is 0 Å². The molecule has 0 rings (SSSR count). The fraction of sp³-hybridized carbons (Fsp3) is 1.00. The molecule has 0 fully saturated rings. The van der Waals surface area contributed by atoms with Gasteiger partial charge in [-0.25, -0.2) is 0 Å². The van der Waals surface area contributed by atoms with E-state index in [0.29, 0.717) is 0 Å². The Morgan fingerprint density at radius 3 is 2.00 bits per heavy atom. The molecule has 2 nitrogen and oxygen atoms in total. The maximum Gasteiger partial charge on any atom is 0.188 e. The third kappa shape index (κ3) is 6.24. The zero-order chi connectivity index (χ0) is 10.3. The van der Waals surface area contributed by atoms with E-state index in [9.17, 15) is 0 Å². The molecule has 0 aliphatic rings. The minimum Gasteiger partial charge on any atom is -0.405 e. The normalized spacial score (nSPS) is 12.5. The molecule has 0 aliphatic heterocycles. The van der Waals surface area contributed by atoms with Gasteiger partial charge in [0, 0.05) is 0 Å². The lowest BCUT2D eigenvalue weighted by atomic mass is 10.6. The summed E-state index contributed by atoms with van der Waals surface area (Å²) in [5.74, 6) is 0. The van der Waals surface area contributed by atoms with Crippen molar-refractivity contribution in [2.75, 3.05) is 19.8 Å². The van der Waals surface area contributed by atoms with Crippen LogP contribution in [0.25, 0.3) is 0 Å². The molecule has 0 spiro atoms. The molecule has 80 valence electrons. The Morgan fingerprint density at radius 1 is 1.08 bits per heavy atom. The lowest BCUT2D eigenvalue weighted by Gasteiger charge is -2.27. The second kappa shape index (κ2) is 6.57. The van der Waals surface area contributed by atoms with Gasteiger partial charge in [-0.2, -0.15) is 0 Å². The first-order valence-electron chi connectivity index (χ1n) is 5.42. The molecule has 0 aromatic carbocycles. The Balaban J connectivity index is 3.71. The van der Waals surface area contributed by atoms with E-state index in [-0.39, 0.29) is 0 Å². The Kier molecular flexibility index (Phi) is 6.64. The van der Waals surface area contributed by atoms with Gasteiger partial charge in [0.05, 0.1) is 6.73 Å². The van der Waals surface area contributed by atoms with Crippen molar-refractivity contribution in [1.82, 2.24) is 4.90 Å². The van der Waals surface area contributed by atoms with Gasteiger partial charge in [0.2, 0.25) is 0 Å². The first-order chi connectivity index (χ1) is 6.05. The second-order valence-corrected chi connectivity index (χ2v) is 8.39. The van der Waals surface area contributed by atoms with Crippen LogP contribution in [0.3, 0.4) is 0 Å². The number of rotatable bonds is 7. The Bertz CT molecular complexity index is 124. The molecule has 3 heteroatoms. The van der Waals surface area contributed by atoms with Crippen LogP contribution in [0.1, 0.15) is 27.2 Å². The van der Waals surface area contributed by atoms with E-state index < -0.39 is 8.32 Å². The molecule has 0 saturated carbocycles. The predicted molar refractivity (Wildman–Crippen MR) is 61.5 cm³/mol. The van der Waals surface area contributed by atoms with Crippen molar-refractivity contribution in [1.29, 1.82) is 0 Å². The summed E-state index contributed by atoms with van der Waals surface area (Å²) in [6.07, 6.45) is 1.25. The van der Waals surface area contributed by atoms with Gasteiger partial charge >= 0.3 is 0 Å². The average Bonchev–Trinajstić information content (AvgIpc) is 2.06. The van der Waals surface area contributed by atoms with Gasteiger partial charge in [-0.15, -0.1) is 0 Å². The van der Waals surface area contributed by atoms with E-state index in [1.807, 2.05) is 0 Å². The van der Waals surface area contributed by atoms with Crippen LogP contribution >= 0.6 is 0 Å². The van der Waals surface area contributed by atoms with E-state index in [0.717, 1.165) is 19.8 Å². The second-order valence-electron chi connectivity index (χ2n) is 4.09. The molecule has 0 atom stereocenters. The summed E-state index contributed by atoms with van der Waals surface area (Å²) >= 11 is 0. The van der Waals surface area contributed by atoms with Gasteiger partial charge in [-0.3, -0.25) is 4.90 Å². The van der Waals surface area contributed by atoms with Gasteiger partial charge in [-0.05, 0) is 32.2 Å². The van der Waals surface area contributed by atoms with Crippen molar-refractivity contribution in [3.63, 3.8) is 0 Å². The highest BCUT2D eigenvalue weighted by molar-refractivity contribution is 6.71. The Hall–Kier alpha value is 0.137. The topological polar surface area (TPSA) is 12.5 Å². The summed E-state index contributed by atoms with van der Waals surface area (Å²) in [4.78, 5) is 2.32. The summed E-state index contributed by atoms with van der Waals surface area (Å²) in [6, 6.07) is 1.27. The molecule has 0 unspecified atom stereocenters. The van der Waals surface area contributed by atoms with Crippen LogP contribution in [0, 0.1) is 0 Å². The summed E-state index contributed by atoms with van der Waals surface area (Å²) in [7, 11) is -1.34. The van der Waals surface area contributed by atoms with Crippen molar-refractivity contribution >= 4 is 8.32 Å². The van der Waals surface area contributed by atoms with Crippen molar-refractivity contribution in [2.24, 2.45) is 0 Å². The smallest absolute Gasteiger partial charge is 0.188 e. The van der Waals surface area contributed by atoms with Crippen LogP contribution in [0.5, 0.6) is 0 Å². The SMILES string of the molecule is CCC[Si](C)(C)OCN(CC)CC. The van der Waals surface area contributed by atoms with Crippen molar-refractivity contribution in [3.8, 4) is 0 Å². The highest BCUT2D eigenvalue weighted by atomic mass is 28.4. The Morgan fingerprint density at radius 2 is 1.62 bits per heavy atom. The van der Waals surface area contributed by atoms with Gasteiger partial charge in [0.15, 0.2) is 8.32 Å². The highest BCUT2D eigenvalue weighted by Crippen LogP contribution is 2.13. The first-order valence-corrected chi connectivity index (χ1v) is 8.53.